The fourth-order valence-electron chi connectivity index (χ4n) is 2.22. The van der Waals surface area contributed by atoms with Crippen molar-refractivity contribution in [2.24, 2.45) is 0 Å². The number of methoxy groups -OCH3 is 1. The summed E-state index contributed by atoms with van der Waals surface area (Å²) in [5.74, 6) is 1.38. The summed E-state index contributed by atoms with van der Waals surface area (Å²) in [5, 5.41) is 15.4. The zero-order chi connectivity index (χ0) is 18.8. The molecule has 2 aromatic carbocycles. The lowest BCUT2D eigenvalue weighted by Crippen LogP contribution is -2.29. The Morgan fingerprint density at radius 3 is 2.54 bits per heavy atom. The first-order valence-corrected chi connectivity index (χ1v) is 8.79. The van der Waals surface area contributed by atoms with Gasteiger partial charge in [0, 0.05) is 12.2 Å². The number of hydrogen-bond donors (Lipinski definition) is 3. The fourth-order valence-corrected chi connectivity index (χ4v) is 2.33. The van der Waals surface area contributed by atoms with Crippen LogP contribution in [0.1, 0.15) is 10.4 Å². The summed E-state index contributed by atoms with van der Waals surface area (Å²) in [7, 11) is 1.61. The van der Waals surface area contributed by atoms with Gasteiger partial charge >= 0.3 is 0 Å². The Balaban J connectivity index is 1.81. The van der Waals surface area contributed by atoms with Crippen LogP contribution < -0.4 is 20.1 Å². The molecular formula is C19H23ClN2O4. The molecule has 0 aromatic heterocycles. The van der Waals surface area contributed by atoms with Crippen LogP contribution in [0.5, 0.6) is 11.5 Å². The Kier molecular flexibility index (Phi) is 8.05. The van der Waals surface area contributed by atoms with Gasteiger partial charge in [-0.25, -0.2) is 0 Å². The van der Waals surface area contributed by atoms with Gasteiger partial charge in [-0.3, -0.25) is 4.79 Å². The predicted molar refractivity (Wildman–Crippen MR) is 102 cm³/mol. The highest BCUT2D eigenvalue weighted by Crippen LogP contribution is 2.17. The summed E-state index contributed by atoms with van der Waals surface area (Å²) in [6.07, 6.45) is -0.675. The van der Waals surface area contributed by atoms with E-state index in [9.17, 15) is 9.90 Å². The van der Waals surface area contributed by atoms with E-state index in [2.05, 4.69) is 10.6 Å². The molecule has 0 spiro atoms. The Labute approximate surface area is 158 Å². The van der Waals surface area contributed by atoms with Gasteiger partial charge in [0.25, 0.3) is 5.91 Å². The molecule has 6 nitrogen and oxygen atoms in total. The molecule has 26 heavy (non-hydrogen) atoms. The maximum absolute atomic E-state index is 12.4. The van der Waals surface area contributed by atoms with Crippen molar-refractivity contribution in [1.82, 2.24) is 5.32 Å². The largest absolute Gasteiger partial charge is 0.497 e. The van der Waals surface area contributed by atoms with Gasteiger partial charge in [0.05, 0.1) is 31.2 Å². The Morgan fingerprint density at radius 2 is 1.85 bits per heavy atom. The van der Waals surface area contributed by atoms with Crippen molar-refractivity contribution in [3.05, 3.63) is 54.1 Å². The fraction of sp³-hybridized carbons (Fsp3) is 0.316. The van der Waals surface area contributed by atoms with Crippen molar-refractivity contribution in [2.75, 3.05) is 38.0 Å². The van der Waals surface area contributed by atoms with Crippen molar-refractivity contribution >= 4 is 23.2 Å². The molecule has 140 valence electrons. The third kappa shape index (κ3) is 6.13. The average molecular weight is 379 g/mol. The number of para-hydroxylation sites is 1. The van der Waals surface area contributed by atoms with E-state index in [0.717, 1.165) is 5.75 Å². The second kappa shape index (κ2) is 10.5. The number of rotatable bonds is 10. The second-order valence-corrected chi connectivity index (χ2v) is 5.82. The van der Waals surface area contributed by atoms with E-state index >= 15 is 0 Å². The lowest BCUT2D eigenvalue weighted by Gasteiger charge is -2.14. The molecule has 0 bridgehead atoms. The number of carbonyl (C=O) groups is 1. The summed E-state index contributed by atoms with van der Waals surface area (Å²) >= 11 is 5.58. The molecule has 7 heteroatoms. The first-order valence-electron chi connectivity index (χ1n) is 8.26. The number of carbonyl (C=O) groups excluding carboxylic acids is 1. The molecule has 0 heterocycles. The molecule has 0 fully saturated rings. The minimum atomic E-state index is -0.675. The van der Waals surface area contributed by atoms with E-state index in [0.29, 0.717) is 30.2 Å². The molecule has 0 radical (unpaired) electrons. The zero-order valence-electron chi connectivity index (χ0n) is 14.6. The van der Waals surface area contributed by atoms with Crippen molar-refractivity contribution < 1.29 is 19.4 Å². The number of amides is 1. The van der Waals surface area contributed by atoms with Crippen LogP contribution in [0.25, 0.3) is 0 Å². The number of anilines is 1. The van der Waals surface area contributed by atoms with Crippen molar-refractivity contribution in [3.63, 3.8) is 0 Å². The molecule has 0 aliphatic rings. The molecule has 1 atom stereocenters. The van der Waals surface area contributed by atoms with Gasteiger partial charge in [-0.15, -0.1) is 11.6 Å². The van der Waals surface area contributed by atoms with Gasteiger partial charge in [-0.1, -0.05) is 12.1 Å². The first-order chi connectivity index (χ1) is 12.6. The van der Waals surface area contributed by atoms with Gasteiger partial charge in [0.2, 0.25) is 0 Å². The molecule has 0 aliphatic carbocycles. The Bertz CT molecular complexity index is 694. The van der Waals surface area contributed by atoms with E-state index in [1.807, 2.05) is 30.3 Å². The number of ether oxygens (including phenoxy) is 2. The molecule has 1 unspecified atom stereocenters. The molecule has 3 N–H and O–H groups in total. The van der Waals surface area contributed by atoms with E-state index in [-0.39, 0.29) is 18.3 Å². The van der Waals surface area contributed by atoms with Crippen LogP contribution in [0.4, 0.5) is 5.69 Å². The lowest BCUT2D eigenvalue weighted by molar-refractivity contribution is 0.0947. The minimum absolute atomic E-state index is 0.129. The highest BCUT2D eigenvalue weighted by Gasteiger charge is 2.11. The van der Waals surface area contributed by atoms with Crippen LogP contribution in [0, 0.1) is 0 Å². The molecular weight excluding hydrogens is 356 g/mol. The van der Waals surface area contributed by atoms with E-state index < -0.39 is 6.10 Å². The summed E-state index contributed by atoms with van der Waals surface area (Å²) < 4.78 is 10.7. The standard InChI is InChI=1S/C19H23ClN2O4/c1-25-15-6-8-16(9-7-15)26-11-10-21-19(24)17-4-2-3-5-18(17)22-13-14(23)12-20/h2-9,14,22-23H,10-13H2,1H3,(H,21,24). The Morgan fingerprint density at radius 1 is 1.15 bits per heavy atom. The van der Waals surface area contributed by atoms with E-state index in [4.69, 9.17) is 21.1 Å². The van der Waals surface area contributed by atoms with E-state index in [1.165, 1.54) is 0 Å². The number of hydrogen-bond acceptors (Lipinski definition) is 5. The number of aliphatic hydroxyl groups excluding tert-OH is 1. The van der Waals surface area contributed by atoms with Gasteiger partial charge in [-0.2, -0.15) is 0 Å². The van der Waals surface area contributed by atoms with Crippen LogP contribution in [-0.2, 0) is 0 Å². The van der Waals surface area contributed by atoms with Gasteiger partial charge in [0.1, 0.15) is 18.1 Å². The number of aliphatic hydroxyl groups is 1. The number of nitrogens with one attached hydrogen (secondary N) is 2. The van der Waals surface area contributed by atoms with Crippen molar-refractivity contribution in [1.29, 1.82) is 0 Å². The number of alkyl halides is 1. The smallest absolute Gasteiger partial charge is 0.253 e. The van der Waals surface area contributed by atoms with Crippen LogP contribution in [0.3, 0.4) is 0 Å². The molecule has 0 saturated heterocycles. The molecule has 1 amide bonds. The van der Waals surface area contributed by atoms with Crippen LogP contribution in [-0.4, -0.2) is 49.8 Å². The number of halogens is 1. The second-order valence-electron chi connectivity index (χ2n) is 5.51. The van der Waals surface area contributed by atoms with Gasteiger partial charge in [0.15, 0.2) is 0 Å². The summed E-state index contributed by atoms with van der Waals surface area (Å²) in [5.41, 5.74) is 1.14. The van der Waals surface area contributed by atoms with Crippen LogP contribution in [0.2, 0.25) is 0 Å². The first kappa shape index (κ1) is 19.9. The topological polar surface area (TPSA) is 79.8 Å². The lowest BCUT2D eigenvalue weighted by atomic mass is 10.1. The third-order valence-electron chi connectivity index (χ3n) is 3.59. The van der Waals surface area contributed by atoms with Crippen LogP contribution in [0.15, 0.2) is 48.5 Å². The summed E-state index contributed by atoms with van der Waals surface area (Å²) in [6, 6.07) is 14.3. The Hall–Kier alpha value is -2.44. The normalized spacial score (nSPS) is 11.5. The molecule has 2 rings (SSSR count). The maximum atomic E-state index is 12.4. The van der Waals surface area contributed by atoms with Crippen molar-refractivity contribution in [2.45, 2.75) is 6.10 Å². The highest BCUT2D eigenvalue weighted by molar-refractivity contribution is 6.18. The quantitative estimate of drug-likeness (QED) is 0.437. The summed E-state index contributed by atoms with van der Waals surface area (Å²) in [6.45, 7) is 0.983. The van der Waals surface area contributed by atoms with Crippen LogP contribution >= 0.6 is 11.6 Å². The number of benzene rings is 2. The van der Waals surface area contributed by atoms with Gasteiger partial charge in [-0.05, 0) is 36.4 Å². The highest BCUT2D eigenvalue weighted by atomic mass is 35.5. The van der Waals surface area contributed by atoms with Crippen molar-refractivity contribution in [3.8, 4) is 11.5 Å². The minimum Gasteiger partial charge on any atom is -0.497 e. The maximum Gasteiger partial charge on any atom is 0.253 e. The van der Waals surface area contributed by atoms with Gasteiger partial charge < -0.3 is 25.2 Å². The SMILES string of the molecule is COc1ccc(OCCNC(=O)c2ccccc2NCC(O)CCl)cc1. The predicted octanol–water partition coefficient (Wildman–Crippen LogP) is 2.52. The third-order valence-corrected chi connectivity index (χ3v) is 3.95. The molecule has 0 aliphatic heterocycles. The monoisotopic (exact) mass is 378 g/mol. The molecule has 0 saturated carbocycles. The summed E-state index contributed by atoms with van der Waals surface area (Å²) in [4.78, 5) is 12.4. The molecule has 2 aromatic rings. The zero-order valence-corrected chi connectivity index (χ0v) is 15.3. The van der Waals surface area contributed by atoms with E-state index in [1.54, 1.807) is 25.3 Å². The average Bonchev–Trinajstić information content (AvgIpc) is 2.69.